The van der Waals surface area contributed by atoms with Crippen molar-refractivity contribution in [3.8, 4) is 0 Å². The Labute approximate surface area is 143 Å². The lowest BCUT2D eigenvalue weighted by molar-refractivity contribution is -0.147. The maximum absolute atomic E-state index is 12.7. The molecule has 3 rings (SSSR count). The Bertz CT molecular complexity index is 531. The second kappa shape index (κ2) is 7.68. The molecule has 1 amide bonds. The fourth-order valence-corrected chi connectivity index (χ4v) is 3.77. The van der Waals surface area contributed by atoms with Crippen molar-refractivity contribution >= 4 is 5.91 Å². The molecule has 2 atom stereocenters. The molecule has 0 aliphatic carbocycles. The van der Waals surface area contributed by atoms with Gasteiger partial charge in [0.1, 0.15) is 6.26 Å². The molecule has 0 spiro atoms. The summed E-state index contributed by atoms with van der Waals surface area (Å²) in [4.78, 5) is 16.7. The van der Waals surface area contributed by atoms with Crippen LogP contribution in [0.3, 0.4) is 0 Å². The van der Waals surface area contributed by atoms with Gasteiger partial charge < -0.3 is 23.7 Å². The SMILES string of the molecule is CN(C)CCOC[C@@]12CCCO[C@@H]1CCN(C(=O)c1ccoc1)C2. The van der Waals surface area contributed by atoms with E-state index in [2.05, 4.69) is 4.90 Å². The number of furan rings is 1. The molecule has 6 nitrogen and oxygen atoms in total. The zero-order valence-corrected chi connectivity index (χ0v) is 14.7. The highest BCUT2D eigenvalue weighted by atomic mass is 16.5. The zero-order chi connectivity index (χ0) is 17.0. The van der Waals surface area contributed by atoms with E-state index in [9.17, 15) is 4.79 Å². The largest absolute Gasteiger partial charge is 0.472 e. The number of ether oxygens (including phenoxy) is 2. The first-order chi connectivity index (χ1) is 11.6. The molecule has 0 bridgehead atoms. The standard InChI is InChI=1S/C18H28N2O4/c1-19(2)8-11-23-14-18-6-3-9-24-16(18)4-7-20(13-18)17(21)15-5-10-22-12-15/h5,10,12,16H,3-4,6-9,11,13-14H2,1-2H3/t16-,18+/m1/s1. The monoisotopic (exact) mass is 336 g/mol. The Morgan fingerprint density at radius 2 is 2.38 bits per heavy atom. The lowest BCUT2D eigenvalue weighted by Gasteiger charge is -2.50. The molecular weight excluding hydrogens is 308 g/mol. The number of carbonyl (C=O) groups is 1. The molecule has 2 saturated heterocycles. The number of hydrogen-bond acceptors (Lipinski definition) is 5. The van der Waals surface area contributed by atoms with Gasteiger partial charge in [0.15, 0.2) is 0 Å². The summed E-state index contributed by atoms with van der Waals surface area (Å²) in [7, 11) is 4.08. The van der Waals surface area contributed by atoms with E-state index in [0.717, 1.165) is 39.0 Å². The molecule has 0 radical (unpaired) electrons. The van der Waals surface area contributed by atoms with Crippen molar-refractivity contribution in [2.45, 2.75) is 25.4 Å². The molecule has 2 aliphatic heterocycles. The van der Waals surface area contributed by atoms with Gasteiger partial charge in [-0.05, 0) is 39.4 Å². The van der Waals surface area contributed by atoms with Crippen LogP contribution in [-0.4, -0.2) is 75.4 Å². The topological polar surface area (TPSA) is 55.2 Å². The number of fused-ring (bicyclic) bond motifs is 1. The van der Waals surface area contributed by atoms with Gasteiger partial charge in [0.05, 0.1) is 31.1 Å². The Morgan fingerprint density at radius 1 is 1.50 bits per heavy atom. The van der Waals surface area contributed by atoms with E-state index in [4.69, 9.17) is 13.9 Å². The number of likely N-dealkylation sites (tertiary alicyclic amines) is 1. The highest BCUT2D eigenvalue weighted by molar-refractivity contribution is 5.93. The summed E-state index contributed by atoms with van der Waals surface area (Å²) in [6.07, 6.45) is 6.21. The van der Waals surface area contributed by atoms with E-state index >= 15 is 0 Å². The molecular formula is C18H28N2O4. The molecule has 2 aliphatic rings. The minimum absolute atomic E-state index is 0.0421. The molecule has 0 saturated carbocycles. The molecule has 0 N–H and O–H groups in total. The number of amides is 1. The quantitative estimate of drug-likeness (QED) is 0.742. The van der Waals surface area contributed by atoms with Crippen molar-refractivity contribution in [2.75, 3.05) is 53.6 Å². The van der Waals surface area contributed by atoms with Gasteiger partial charge in [-0.1, -0.05) is 0 Å². The third-order valence-electron chi connectivity index (χ3n) is 5.12. The van der Waals surface area contributed by atoms with Crippen LogP contribution in [-0.2, 0) is 9.47 Å². The maximum atomic E-state index is 12.7. The molecule has 1 aromatic rings. The van der Waals surface area contributed by atoms with E-state index in [1.165, 1.54) is 6.26 Å². The third-order valence-corrected chi connectivity index (χ3v) is 5.12. The normalized spacial score (nSPS) is 27.3. The van der Waals surface area contributed by atoms with Crippen LogP contribution in [0, 0.1) is 5.41 Å². The second-order valence-corrected chi connectivity index (χ2v) is 7.21. The number of hydrogen-bond donors (Lipinski definition) is 0. The third kappa shape index (κ3) is 3.82. The number of likely N-dealkylation sites (N-methyl/N-ethyl adjacent to an activating group) is 1. The lowest BCUT2D eigenvalue weighted by atomic mass is 9.73. The minimum atomic E-state index is -0.0811. The van der Waals surface area contributed by atoms with Crippen molar-refractivity contribution in [1.29, 1.82) is 0 Å². The van der Waals surface area contributed by atoms with Crippen molar-refractivity contribution in [1.82, 2.24) is 9.80 Å². The first-order valence-corrected chi connectivity index (χ1v) is 8.76. The summed E-state index contributed by atoms with van der Waals surface area (Å²) in [6.45, 7) is 4.51. The second-order valence-electron chi connectivity index (χ2n) is 7.21. The minimum Gasteiger partial charge on any atom is -0.472 e. The summed E-state index contributed by atoms with van der Waals surface area (Å²) >= 11 is 0. The summed E-state index contributed by atoms with van der Waals surface area (Å²) < 4.78 is 17.1. The highest BCUT2D eigenvalue weighted by Gasteiger charge is 2.47. The smallest absolute Gasteiger partial charge is 0.257 e. The molecule has 134 valence electrons. The number of carbonyl (C=O) groups excluding carboxylic acids is 1. The van der Waals surface area contributed by atoms with Gasteiger partial charge in [-0.25, -0.2) is 0 Å². The van der Waals surface area contributed by atoms with Crippen LogP contribution in [0.25, 0.3) is 0 Å². The number of rotatable bonds is 6. The van der Waals surface area contributed by atoms with Crippen LogP contribution in [0.15, 0.2) is 23.0 Å². The van der Waals surface area contributed by atoms with Crippen molar-refractivity contribution in [3.05, 3.63) is 24.2 Å². The van der Waals surface area contributed by atoms with Gasteiger partial charge in [0.25, 0.3) is 5.91 Å². The Hall–Kier alpha value is -1.37. The van der Waals surface area contributed by atoms with Crippen LogP contribution < -0.4 is 0 Å². The van der Waals surface area contributed by atoms with Gasteiger partial charge in [-0.3, -0.25) is 4.79 Å². The first kappa shape index (κ1) is 17.5. The van der Waals surface area contributed by atoms with Crippen molar-refractivity contribution < 1.29 is 18.7 Å². The van der Waals surface area contributed by atoms with Gasteiger partial charge in [-0.2, -0.15) is 0 Å². The summed E-state index contributed by atoms with van der Waals surface area (Å²) in [6, 6.07) is 1.73. The molecule has 1 aromatic heterocycles. The fraction of sp³-hybridized carbons (Fsp3) is 0.722. The van der Waals surface area contributed by atoms with Crippen LogP contribution in [0.5, 0.6) is 0 Å². The van der Waals surface area contributed by atoms with E-state index < -0.39 is 0 Å². The van der Waals surface area contributed by atoms with E-state index in [1.807, 2.05) is 19.0 Å². The van der Waals surface area contributed by atoms with Crippen LogP contribution in [0.1, 0.15) is 29.6 Å². The van der Waals surface area contributed by atoms with Crippen molar-refractivity contribution in [3.63, 3.8) is 0 Å². The van der Waals surface area contributed by atoms with E-state index in [-0.39, 0.29) is 17.4 Å². The molecule has 3 heterocycles. The average Bonchev–Trinajstić information content (AvgIpc) is 3.12. The Balaban J connectivity index is 1.66. The fourth-order valence-electron chi connectivity index (χ4n) is 3.77. The van der Waals surface area contributed by atoms with Crippen LogP contribution in [0.2, 0.25) is 0 Å². The highest BCUT2D eigenvalue weighted by Crippen LogP contribution is 2.40. The Morgan fingerprint density at radius 3 is 3.12 bits per heavy atom. The van der Waals surface area contributed by atoms with Gasteiger partial charge in [0.2, 0.25) is 0 Å². The summed E-state index contributed by atoms with van der Waals surface area (Å²) in [5.74, 6) is 0.0421. The maximum Gasteiger partial charge on any atom is 0.257 e. The van der Waals surface area contributed by atoms with Gasteiger partial charge >= 0.3 is 0 Å². The Kier molecular flexibility index (Phi) is 5.58. The first-order valence-electron chi connectivity index (χ1n) is 8.76. The average molecular weight is 336 g/mol. The molecule has 2 fully saturated rings. The summed E-state index contributed by atoms with van der Waals surface area (Å²) in [5.41, 5.74) is 0.538. The summed E-state index contributed by atoms with van der Waals surface area (Å²) in [5, 5.41) is 0. The van der Waals surface area contributed by atoms with E-state index in [1.54, 1.807) is 12.3 Å². The molecule has 6 heteroatoms. The predicted molar refractivity (Wildman–Crippen MR) is 90.0 cm³/mol. The predicted octanol–water partition coefficient (Wildman–Crippen LogP) is 1.87. The molecule has 24 heavy (non-hydrogen) atoms. The molecule has 0 aromatic carbocycles. The molecule has 0 unspecified atom stereocenters. The van der Waals surface area contributed by atoms with Crippen LogP contribution >= 0.6 is 0 Å². The van der Waals surface area contributed by atoms with Crippen LogP contribution in [0.4, 0.5) is 0 Å². The number of nitrogens with zero attached hydrogens (tertiary/aromatic N) is 2. The number of piperidine rings is 1. The zero-order valence-electron chi connectivity index (χ0n) is 14.7. The van der Waals surface area contributed by atoms with E-state index in [0.29, 0.717) is 25.3 Å². The van der Waals surface area contributed by atoms with Crippen molar-refractivity contribution in [2.24, 2.45) is 5.41 Å². The lowest BCUT2D eigenvalue weighted by Crippen LogP contribution is -2.58. The van der Waals surface area contributed by atoms with Gasteiger partial charge in [-0.15, -0.1) is 0 Å². The van der Waals surface area contributed by atoms with Gasteiger partial charge in [0, 0.05) is 31.7 Å².